The van der Waals surface area contributed by atoms with Gasteiger partial charge >= 0.3 is 0 Å². The molecule has 1 aromatic carbocycles. The third-order valence-corrected chi connectivity index (χ3v) is 11.8. The van der Waals surface area contributed by atoms with Crippen molar-refractivity contribution in [3.05, 3.63) is 29.3 Å². The molecule has 0 atom stereocenters. The molecule has 0 radical (unpaired) electrons. The van der Waals surface area contributed by atoms with Gasteiger partial charge in [0, 0.05) is 0 Å². The molecule has 1 rings (SSSR count). The van der Waals surface area contributed by atoms with Crippen LogP contribution in [0.2, 0.25) is 11.1 Å². The minimum absolute atomic E-state index is 0.0278. The number of aryl methyl sites for hydroxylation is 2. The molecule has 0 fully saturated rings. The maximum Gasteiger partial charge on any atom is 0.272 e. The molecule has 0 unspecified atom stereocenters. The fourth-order valence-corrected chi connectivity index (χ4v) is 11.9. The Labute approximate surface area is 134 Å². The SMILES string of the molecule is Cc1cc(C)cc(O[Si](C(C)C)(C(C)C)C(C)(C)Br)c1. The first-order chi connectivity index (χ1) is 9.00. The second-order valence-corrected chi connectivity index (χ2v) is 15.1. The van der Waals surface area contributed by atoms with Gasteiger partial charge in [-0.2, -0.15) is 0 Å². The molecule has 1 aromatic rings. The molecule has 0 saturated heterocycles. The maximum absolute atomic E-state index is 6.74. The van der Waals surface area contributed by atoms with Crippen molar-refractivity contribution in [2.45, 2.75) is 70.4 Å². The Morgan fingerprint density at radius 1 is 0.950 bits per heavy atom. The Morgan fingerprint density at radius 3 is 1.65 bits per heavy atom. The molecule has 114 valence electrons. The van der Waals surface area contributed by atoms with Gasteiger partial charge in [0.25, 0.3) is 8.32 Å². The summed E-state index contributed by atoms with van der Waals surface area (Å²) in [6.07, 6.45) is 0. The Bertz CT molecular complexity index is 432. The molecule has 0 spiro atoms. The largest absolute Gasteiger partial charge is 0.542 e. The number of benzene rings is 1. The first kappa shape index (κ1) is 17.8. The van der Waals surface area contributed by atoms with E-state index >= 15 is 0 Å². The zero-order valence-electron chi connectivity index (χ0n) is 14.2. The lowest BCUT2D eigenvalue weighted by Gasteiger charge is -2.47. The van der Waals surface area contributed by atoms with Gasteiger partial charge in [0.15, 0.2) is 0 Å². The summed E-state index contributed by atoms with van der Waals surface area (Å²) in [7, 11) is -2.02. The van der Waals surface area contributed by atoms with Crippen LogP contribution in [-0.4, -0.2) is 12.3 Å². The van der Waals surface area contributed by atoms with Crippen molar-refractivity contribution in [2.75, 3.05) is 0 Å². The quantitative estimate of drug-likeness (QED) is 0.453. The summed E-state index contributed by atoms with van der Waals surface area (Å²) in [5.41, 5.74) is 3.61. The third-order valence-electron chi connectivity index (χ3n) is 4.13. The fraction of sp³-hybridized carbons (Fsp3) is 0.647. The van der Waals surface area contributed by atoms with Gasteiger partial charge in [-0.3, -0.25) is 0 Å². The molecule has 3 heteroatoms. The first-order valence-corrected chi connectivity index (χ1v) is 10.3. The molecule has 0 aliphatic rings. The van der Waals surface area contributed by atoms with Crippen molar-refractivity contribution in [1.29, 1.82) is 0 Å². The molecule has 0 aromatic heterocycles. The number of halogens is 1. The summed E-state index contributed by atoms with van der Waals surface area (Å²) in [6, 6.07) is 6.52. The smallest absolute Gasteiger partial charge is 0.272 e. The Morgan fingerprint density at radius 2 is 1.35 bits per heavy atom. The lowest BCUT2D eigenvalue weighted by molar-refractivity contribution is 0.475. The van der Waals surface area contributed by atoms with Gasteiger partial charge in [-0.15, -0.1) is 0 Å². The monoisotopic (exact) mass is 356 g/mol. The van der Waals surface area contributed by atoms with Crippen molar-refractivity contribution in [1.82, 2.24) is 0 Å². The van der Waals surface area contributed by atoms with Crippen LogP contribution in [0, 0.1) is 13.8 Å². The van der Waals surface area contributed by atoms with E-state index in [1.165, 1.54) is 11.1 Å². The lowest BCUT2D eigenvalue weighted by atomic mass is 10.1. The average Bonchev–Trinajstić information content (AvgIpc) is 2.21. The van der Waals surface area contributed by atoms with Gasteiger partial charge in [0.1, 0.15) is 5.75 Å². The summed E-state index contributed by atoms with van der Waals surface area (Å²) in [6.45, 7) is 18.0. The fourth-order valence-electron chi connectivity index (χ4n) is 3.58. The summed E-state index contributed by atoms with van der Waals surface area (Å²) < 4.78 is 6.77. The topological polar surface area (TPSA) is 9.23 Å². The van der Waals surface area contributed by atoms with Crippen LogP contribution < -0.4 is 4.43 Å². The van der Waals surface area contributed by atoms with Gasteiger partial charge in [0.05, 0.1) is 3.95 Å². The Balaban J connectivity index is 3.32. The molecule has 0 bridgehead atoms. The van der Waals surface area contributed by atoms with Crippen molar-refractivity contribution in [3.8, 4) is 5.75 Å². The number of hydrogen-bond donors (Lipinski definition) is 0. The van der Waals surface area contributed by atoms with Crippen LogP contribution in [0.15, 0.2) is 18.2 Å². The molecule has 0 amide bonds. The van der Waals surface area contributed by atoms with E-state index < -0.39 is 8.32 Å². The highest BCUT2D eigenvalue weighted by molar-refractivity contribution is 9.10. The molecular weight excluding hydrogens is 328 g/mol. The maximum atomic E-state index is 6.74. The highest BCUT2D eigenvalue weighted by Gasteiger charge is 2.55. The summed E-state index contributed by atoms with van der Waals surface area (Å²) in [5, 5.41) is 0. The van der Waals surface area contributed by atoms with E-state index in [0.717, 1.165) is 5.75 Å². The van der Waals surface area contributed by atoms with E-state index in [0.29, 0.717) is 11.1 Å². The van der Waals surface area contributed by atoms with Crippen molar-refractivity contribution in [3.63, 3.8) is 0 Å². The number of alkyl halides is 1. The van der Waals surface area contributed by atoms with E-state index in [1.54, 1.807) is 0 Å². The van der Waals surface area contributed by atoms with Crippen LogP contribution in [0.5, 0.6) is 5.75 Å². The van der Waals surface area contributed by atoms with Crippen LogP contribution in [0.4, 0.5) is 0 Å². The summed E-state index contributed by atoms with van der Waals surface area (Å²) in [4.78, 5) is 0. The van der Waals surface area contributed by atoms with Crippen molar-refractivity contribution < 1.29 is 4.43 Å². The van der Waals surface area contributed by atoms with Gasteiger partial charge in [-0.25, -0.2) is 0 Å². The highest BCUT2D eigenvalue weighted by Crippen LogP contribution is 2.46. The third kappa shape index (κ3) is 3.48. The second-order valence-electron chi connectivity index (χ2n) is 7.00. The van der Waals surface area contributed by atoms with Crippen LogP contribution >= 0.6 is 15.9 Å². The molecule has 0 heterocycles. The van der Waals surface area contributed by atoms with Gasteiger partial charge in [0.2, 0.25) is 0 Å². The Kier molecular flexibility index (Phi) is 5.53. The van der Waals surface area contributed by atoms with E-state index in [9.17, 15) is 0 Å². The molecule has 0 aliphatic heterocycles. The molecule has 0 N–H and O–H groups in total. The number of hydrogen-bond acceptors (Lipinski definition) is 1. The predicted molar refractivity (Wildman–Crippen MR) is 95.5 cm³/mol. The first-order valence-electron chi connectivity index (χ1n) is 7.47. The normalized spacial score (nSPS) is 13.2. The van der Waals surface area contributed by atoms with E-state index in [2.05, 4.69) is 89.5 Å². The van der Waals surface area contributed by atoms with E-state index in [4.69, 9.17) is 4.43 Å². The zero-order chi connectivity index (χ0) is 15.7. The summed E-state index contributed by atoms with van der Waals surface area (Å²) in [5.74, 6) is 1.03. The van der Waals surface area contributed by atoms with Gasteiger partial charge in [-0.1, -0.05) is 49.7 Å². The molecule has 0 aliphatic carbocycles. The predicted octanol–water partition coefficient (Wildman–Crippen LogP) is 6.16. The zero-order valence-corrected chi connectivity index (χ0v) is 16.8. The lowest BCUT2D eigenvalue weighted by Crippen LogP contribution is -2.61. The number of rotatable bonds is 5. The average molecular weight is 357 g/mol. The Hall–Kier alpha value is -0.283. The van der Waals surface area contributed by atoms with Crippen molar-refractivity contribution >= 4 is 24.2 Å². The summed E-state index contributed by atoms with van der Waals surface area (Å²) >= 11 is 3.93. The standard InChI is InChI=1S/C17H29BrOSi/c1-12(2)20(13(3)4,17(7,8)18)19-16-10-14(5)9-15(6)11-16/h9-13H,1-8H3. The van der Waals surface area contributed by atoms with Crippen LogP contribution in [0.3, 0.4) is 0 Å². The molecule has 0 saturated carbocycles. The molecular formula is C17H29BrOSi. The van der Waals surface area contributed by atoms with Gasteiger partial charge < -0.3 is 4.43 Å². The second kappa shape index (κ2) is 6.23. The van der Waals surface area contributed by atoms with Crippen LogP contribution in [0.1, 0.15) is 52.7 Å². The molecule has 20 heavy (non-hydrogen) atoms. The van der Waals surface area contributed by atoms with E-state index in [-0.39, 0.29) is 3.95 Å². The highest BCUT2D eigenvalue weighted by atomic mass is 79.9. The minimum Gasteiger partial charge on any atom is -0.542 e. The van der Waals surface area contributed by atoms with Crippen LogP contribution in [-0.2, 0) is 0 Å². The van der Waals surface area contributed by atoms with Gasteiger partial charge in [-0.05, 0) is 62.0 Å². The van der Waals surface area contributed by atoms with Crippen LogP contribution in [0.25, 0.3) is 0 Å². The molecule has 1 nitrogen and oxygen atoms in total. The van der Waals surface area contributed by atoms with Crippen molar-refractivity contribution in [2.24, 2.45) is 0 Å². The van der Waals surface area contributed by atoms with E-state index in [1.807, 2.05) is 0 Å². The minimum atomic E-state index is -2.02.